The summed E-state index contributed by atoms with van der Waals surface area (Å²) in [6, 6.07) is 1.97. The summed E-state index contributed by atoms with van der Waals surface area (Å²) in [4.78, 5) is 11.9. The lowest BCUT2D eigenvalue weighted by Gasteiger charge is -2.17. The summed E-state index contributed by atoms with van der Waals surface area (Å²) in [7, 11) is 1.47. The number of nitrogens with one attached hydrogen (secondary N) is 1. The van der Waals surface area contributed by atoms with E-state index in [4.69, 9.17) is 16.3 Å². The molecule has 1 unspecified atom stereocenters. The lowest BCUT2D eigenvalue weighted by Crippen LogP contribution is -2.39. The second kappa shape index (κ2) is 7.40. The summed E-state index contributed by atoms with van der Waals surface area (Å²) >= 11 is 5.59. The molecule has 1 rings (SSSR count). The Labute approximate surface area is 115 Å². The first-order chi connectivity index (χ1) is 9.01. The van der Waals surface area contributed by atoms with Crippen molar-refractivity contribution in [2.45, 2.75) is 19.4 Å². The number of amides is 1. The molecule has 0 aliphatic rings. The molecular weight excluding hydrogens is 276 g/mol. The molecule has 0 spiro atoms. The number of rotatable bonds is 6. The number of halogens is 3. The smallest absolute Gasteiger partial charge is 0.257 e. The molecule has 19 heavy (non-hydrogen) atoms. The van der Waals surface area contributed by atoms with Gasteiger partial charge >= 0.3 is 0 Å². The average molecular weight is 292 g/mol. The fraction of sp³-hybridized carbons (Fsp3) is 0.462. The number of ether oxygens (including phenoxy) is 1. The van der Waals surface area contributed by atoms with Crippen LogP contribution in [0, 0.1) is 18.6 Å². The van der Waals surface area contributed by atoms with Gasteiger partial charge in [0.2, 0.25) is 0 Å². The van der Waals surface area contributed by atoms with E-state index in [9.17, 15) is 13.6 Å². The maximum atomic E-state index is 13.8. The van der Waals surface area contributed by atoms with Crippen molar-refractivity contribution in [1.29, 1.82) is 0 Å². The molecule has 1 atom stereocenters. The average Bonchev–Trinajstić information content (AvgIpc) is 2.35. The lowest BCUT2D eigenvalue weighted by atomic mass is 10.1. The Morgan fingerprint density at radius 2 is 2.16 bits per heavy atom. The molecule has 1 aromatic carbocycles. The number of hydrogen-bond donors (Lipinski definition) is 1. The van der Waals surface area contributed by atoms with Gasteiger partial charge in [-0.3, -0.25) is 4.79 Å². The molecule has 1 N–H and O–H groups in total. The van der Waals surface area contributed by atoms with Crippen LogP contribution in [-0.4, -0.2) is 31.5 Å². The van der Waals surface area contributed by atoms with Gasteiger partial charge in [-0.2, -0.15) is 0 Å². The van der Waals surface area contributed by atoms with Crippen LogP contribution >= 0.6 is 11.6 Å². The highest BCUT2D eigenvalue weighted by molar-refractivity contribution is 6.17. The molecule has 0 heterocycles. The summed E-state index contributed by atoms with van der Waals surface area (Å²) in [6.07, 6.45) is 0.455. The molecule has 3 nitrogen and oxygen atoms in total. The van der Waals surface area contributed by atoms with Gasteiger partial charge in [0, 0.05) is 13.0 Å². The van der Waals surface area contributed by atoms with Gasteiger partial charge < -0.3 is 10.1 Å². The second-order valence-corrected chi connectivity index (χ2v) is 4.53. The number of hydrogen-bond acceptors (Lipinski definition) is 2. The minimum Gasteiger partial charge on any atom is -0.383 e. The van der Waals surface area contributed by atoms with Gasteiger partial charge in [-0.05, 0) is 25.0 Å². The first kappa shape index (κ1) is 15.9. The van der Waals surface area contributed by atoms with Gasteiger partial charge in [-0.15, -0.1) is 11.6 Å². The van der Waals surface area contributed by atoms with Crippen molar-refractivity contribution < 1.29 is 18.3 Å². The third-order valence-corrected chi connectivity index (χ3v) is 2.89. The molecule has 0 radical (unpaired) electrons. The van der Waals surface area contributed by atoms with E-state index in [0.717, 1.165) is 6.07 Å². The summed E-state index contributed by atoms with van der Waals surface area (Å²) < 4.78 is 32.2. The Morgan fingerprint density at radius 1 is 1.47 bits per heavy atom. The van der Waals surface area contributed by atoms with E-state index in [-0.39, 0.29) is 18.2 Å². The minimum absolute atomic E-state index is 0.215. The number of benzene rings is 1. The molecule has 106 valence electrons. The second-order valence-electron chi connectivity index (χ2n) is 4.16. The molecule has 0 aromatic heterocycles. The van der Waals surface area contributed by atoms with Crippen LogP contribution in [0.4, 0.5) is 8.78 Å². The van der Waals surface area contributed by atoms with Gasteiger partial charge in [-0.1, -0.05) is 6.07 Å². The molecule has 1 amide bonds. The van der Waals surface area contributed by atoms with E-state index in [1.54, 1.807) is 0 Å². The SMILES string of the molecule is COCC(CCCl)NC(=O)c1c(F)ccc(C)c1F. The molecular formula is C13H16ClF2NO2. The molecule has 0 saturated heterocycles. The van der Waals surface area contributed by atoms with Crippen LogP contribution in [0.5, 0.6) is 0 Å². The predicted octanol–water partition coefficient (Wildman–Crippen LogP) is 2.65. The summed E-state index contributed by atoms with van der Waals surface area (Å²) in [5.74, 6) is -2.22. The van der Waals surface area contributed by atoms with Crippen molar-refractivity contribution in [3.05, 3.63) is 34.9 Å². The highest BCUT2D eigenvalue weighted by Crippen LogP contribution is 2.16. The fourth-order valence-electron chi connectivity index (χ4n) is 1.65. The Kier molecular flexibility index (Phi) is 6.18. The van der Waals surface area contributed by atoms with Gasteiger partial charge in [0.15, 0.2) is 0 Å². The number of aryl methyl sites for hydroxylation is 1. The quantitative estimate of drug-likeness (QED) is 0.818. The van der Waals surface area contributed by atoms with E-state index < -0.39 is 23.1 Å². The maximum Gasteiger partial charge on any atom is 0.257 e. The Balaban J connectivity index is 2.91. The van der Waals surface area contributed by atoms with Crippen molar-refractivity contribution in [3.63, 3.8) is 0 Å². The highest BCUT2D eigenvalue weighted by Gasteiger charge is 2.21. The molecule has 6 heteroatoms. The molecule has 0 fully saturated rings. The van der Waals surface area contributed by atoms with Crippen LogP contribution in [0.15, 0.2) is 12.1 Å². The predicted molar refractivity (Wildman–Crippen MR) is 69.6 cm³/mol. The van der Waals surface area contributed by atoms with Crippen LogP contribution in [0.25, 0.3) is 0 Å². The fourth-order valence-corrected chi connectivity index (χ4v) is 1.92. The first-order valence-corrected chi connectivity index (χ1v) is 6.35. The molecule has 1 aromatic rings. The topological polar surface area (TPSA) is 38.3 Å². The highest BCUT2D eigenvalue weighted by atomic mass is 35.5. The van der Waals surface area contributed by atoms with E-state index in [1.165, 1.54) is 20.1 Å². The maximum absolute atomic E-state index is 13.8. The molecule has 0 saturated carbocycles. The van der Waals surface area contributed by atoms with Gasteiger partial charge in [-0.25, -0.2) is 8.78 Å². The normalized spacial score (nSPS) is 12.3. The standard InChI is InChI=1S/C13H16ClF2NO2/c1-8-3-4-10(15)11(12(8)16)13(18)17-9(5-6-14)7-19-2/h3-4,9H,5-7H2,1-2H3,(H,17,18). The van der Waals surface area contributed by atoms with Gasteiger partial charge in [0.1, 0.15) is 17.2 Å². The lowest BCUT2D eigenvalue weighted by molar-refractivity contribution is 0.0886. The Hall–Kier alpha value is -1.20. The van der Waals surface area contributed by atoms with Crippen molar-refractivity contribution in [1.82, 2.24) is 5.32 Å². The van der Waals surface area contributed by atoms with Crippen molar-refractivity contribution in [2.24, 2.45) is 0 Å². The van der Waals surface area contributed by atoms with Gasteiger partial charge in [0.05, 0.1) is 12.6 Å². The molecule has 0 bridgehead atoms. The molecule has 0 aliphatic carbocycles. The summed E-state index contributed by atoms with van der Waals surface area (Å²) in [5, 5.41) is 2.52. The monoisotopic (exact) mass is 291 g/mol. The largest absolute Gasteiger partial charge is 0.383 e. The Morgan fingerprint density at radius 3 is 2.74 bits per heavy atom. The zero-order chi connectivity index (χ0) is 14.4. The van der Waals surface area contributed by atoms with Crippen LogP contribution in [0.1, 0.15) is 22.3 Å². The zero-order valence-electron chi connectivity index (χ0n) is 10.8. The van der Waals surface area contributed by atoms with E-state index in [0.29, 0.717) is 12.3 Å². The number of carbonyl (C=O) groups is 1. The van der Waals surface area contributed by atoms with Crippen molar-refractivity contribution in [2.75, 3.05) is 19.6 Å². The van der Waals surface area contributed by atoms with Crippen LogP contribution < -0.4 is 5.32 Å². The summed E-state index contributed by atoms with van der Waals surface area (Å²) in [5.41, 5.74) is -0.358. The third-order valence-electron chi connectivity index (χ3n) is 2.67. The van der Waals surface area contributed by atoms with Crippen LogP contribution in [-0.2, 0) is 4.74 Å². The van der Waals surface area contributed by atoms with Crippen molar-refractivity contribution >= 4 is 17.5 Å². The van der Waals surface area contributed by atoms with Crippen molar-refractivity contribution in [3.8, 4) is 0 Å². The Bertz CT molecular complexity index is 449. The minimum atomic E-state index is -0.886. The van der Waals surface area contributed by atoms with E-state index in [2.05, 4.69) is 5.32 Å². The zero-order valence-corrected chi connectivity index (χ0v) is 11.6. The van der Waals surface area contributed by atoms with Gasteiger partial charge in [0.25, 0.3) is 5.91 Å². The number of methoxy groups -OCH3 is 1. The number of carbonyl (C=O) groups excluding carboxylic acids is 1. The molecule has 0 aliphatic heterocycles. The van der Waals surface area contributed by atoms with Crippen LogP contribution in [0.3, 0.4) is 0 Å². The van der Waals surface area contributed by atoms with E-state index in [1.807, 2.05) is 0 Å². The van der Waals surface area contributed by atoms with Crippen LogP contribution in [0.2, 0.25) is 0 Å². The van der Waals surface area contributed by atoms with E-state index >= 15 is 0 Å². The first-order valence-electron chi connectivity index (χ1n) is 5.81. The number of alkyl halides is 1. The third kappa shape index (κ3) is 4.14. The summed E-state index contributed by atoms with van der Waals surface area (Å²) in [6.45, 7) is 1.70.